The van der Waals surface area contributed by atoms with Gasteiger partial charge in [0.05, 0.1) is 13.7 Å². The molecule has 2 amide bonds. The molecule has 2 aromatic rings. The molecule has 1 heterocycles. The number of hydrogen-bond acceptors (Lipinski definition) is 5. The highest BCUT2D eigenvalue weighted by Gasteiger charge is 2.16. The van der Waals surface area contributed by atoms with Gasteiger partial charge >= 0.3 is 0 Å². The van der Waals surface area contributed by atoms with Crippen LogP contribution in [0.1, 0.15) is 16.1 Å². The zero-order chi connectivity index (χ0) is 16.1. The van der Waals surface area contributed by atoms with Gasteiger partial charge in [-0.25, -0.2) is 0 Å². The molecule has 0 aliphatic rings. The molecule has 0 saturated heterocycles. The molecular weight excluding hydrogens is 286 g/mol. The summed E-state index contributed by atoms with van der Waals surface area (Å²) in [7, 11) is 3.08. The van der Waals surface area contributed by atoms with Gasteiger partial charge in [-0.1, -0.05) is 11.2 Å². The first-order valence-electron chi connectivity index (χ1n) is 6.62. The van der Waals surface area contributed by atoms with E-state index in [0.29, 0.717) is 22.9 Å². The maximum Gasteiger partial charge on any atom is 0.254 e. The molecule has 0 radical (unpaired) electrons. The Balaban J connectivity index is 1.96. The molecule has 0 aliphatic carbocycles. The third-order valence-corrected chi connectivity index (χ3v) is 2.94. The van der Waals surface area contributed by atoms with Gasteiger partial charge in [-0.15, -0.1) is 0 Å². The predicted molar refractivity (Wildman–Crippen MR) is 79.8 cm³/mol. The summed E-state index contributed by atoms with van der Waals surface area (Å²) in [6.07, 6.45) is 0. The minimum atomic E-state index is -0.355. The summed E-state index contributed by atoms with van der Waals surface area (Å²) in [5.41, 5.74) is 0.451. The van der Waals surface area contributed by atoms with Crippen molar-refractivity contribution in [3.05, 3.63) is 41.7 Å². The first kappa shape index (κ1) is 15.6. The van der Waals surface area contributed by atoms with Crippen molar-refractivity contribution in [2.24, 2.45) is 0 Å². The minimum Gasteiger partial charge on any atom is -0.497 e. The molecule has 1 N–H and O–H groups in total. The van der Waals surface area contributed by atoms with Crippen LogP contribution in [0.2, 0.25) is 0 Å². The highest BCUT2D eigenvalue weighted by atomic mass is 16.5. The second kappa shape index (κ2) is 6.75. The topological polar surface area (TPSA) is 84.7 Å². The second-order valence-corrected chi connectivity index (χ2v) is 4.76. The van der Waals surface area contributed by atoms with Crippen LogP contribution in [0.25, 0.3) is 0 Å². The van der Waals surface area contributed by atoms with Crippen molar-refractivity contribution in [2.75, 3.05) is 26.0 Å². The molecule has 0 fully saturated rings. The van der Waals surface area contributed by atoms with E-state index in [0.717, 1.165) is 0 Å². The van der Waals surface area contributed by atoms with Crippen molar-refractivity contribution in [3.63, 3.8) is 0 Å². The molecule has 116 valence electrons. The van der Waals surface area contributed by atoms with Gasteiger partial charge in [0.15, 0.2) is 5.82 Å². The van der Waals surface area contributed by atoms with E-state index in [4.69, 9.17) is 9.26 Å². The molecule has 7 nitrogen and oxygen atoms in total. The molecule has 1 aromatic heterocycles. The fourth-order valence-electron chi connectivity index (χ4n) is 1.87. The lowest BCUT2D eigenvalue weighted by Crippen LogP contribution is -2.35. The average molecular weight is 303 g/mol. The third-order valence-electron chi connectivity index (χ3n) is 2.94. The highest BCUT2D eigenvalue weighted by molar-refractivity contribution is 5.99. The van der Waals surface area contributed by atoms with Crippen molar-refractivity contribution < 1.29 is 18.8 Å². The number of likely N-dealkylation sites (N-methyl/N-ethyl adjacent to an activating group) is 1. The largest absolute Gasteiger partial charge is 0.497 e. The van der Waals surface area contributed by atoms with E-state index in [9.17, 15) is 9.59 Å². The van der Waals surface area contributed by atoms with Crippen LogP contribution in [0.15, 0.2) is 34.9 Å². The van der Waals surface area contributed by atoms with Gasteiger partial charge in [-0.05, 0) is 25.1 Å². The van der Waals surface area contributed by atoms with E-state index < -0.39 is 0 Å². The average Bonchev–Trinajstić information content (AvgIpc) is 2.91. The number of methoxy groups -OCH3 is 1. The summed E-state index contributed by atoms with van der Waals surface area (Å²) in [5.74, 6) is 0.875. The summed E-state index contributed by atoms with van der Waals surface area (Å²) in [6, 6.07) is 8.36. The zero-order valence-electron chi connectivity index (χ0n) is 12.6. The van der Waals surface area contributed by atoms with Gasteiger partial charge in [0.25, 0.3) is 5.91 Å². The SMILES string of the molecule is COc1cccc(C(=O)N(C)CC(=O)Nc2cc(C)on2)c1. The van der Waals surface area contributed by atoms with Crippen LogP contribution in [0.3, 0.4) is 0 Å². The molecule has 0 saturated carbocycles. The number of carbonyl (C=O) groups is 2. The molecule has 22 heavy (non-hydrogen) atoms. The Kier molecular flexibility index (Phi) is 4.77. The van der Waals surface area contributed by atoms with Gasteiger partial charge in [0.1, 0.15) is 11.5 Å². The van der Waals surface area contributed by atoms with E-state index in [1.54, 1.807) is 44.3 Å². The number of ether oxygens (including phenoxy) is 1. The van der Waals surface area contributed by atoms with Crippen molar-refractivity contribution in [3.8, 4) is 5.75 Å². The normalized spacial score (nSPS) is 10.1. The van der Waals surface area contributed by atoms with Crippen molar-refractivity contribution in [2.45, 2.75) is 6.92 Å². The van der Waals surface area contributed by atoms with Crippen LogP contribution < -0.4 is 10.1 Å². The van der Waals surface area contributed by atoms with Gasteiger partial charge in [0, 0.05) is 18.7 Å². The van der Waals surface area contributed by atoms with Crippen LogP contribution >= 0.6 is 0 Å². The number of nitrogens with one attached hydrogen (secondary N) is 1. The van der Waals surface area contributed by atoms with Crippen molar-refractivity contribution in [1.82, 2.24) is 10.1 Å². The molecule has 1 aromatic carbocycles. The van der Waals surface area contributed by atoms with Crippen LogP contribution in [0, 0.1) is 6.92 Å². The number of aryl methyl sites for hydroxylation is 1. The Morgan fingerprint density at radius 2 is 2.14 bits per heavy atom. The Bertz CT molecular complexity index is 681. The fraction of sp³-hybridized carbons (Fsp3) is 0.267. The summed E-state index contributed by atoms with van der Waals surface area (Å²) >= 11 is 0. The van der Waals surface area contributed by atoms with E-state index in [2.05, 4.69) is 10.5 Å². The standard InChI is InChI=1S/C15H17N3O4/c1-10-7-13(17-22-10)16-14(19)9-18(2)15(20)11-5-4-6-12(8-11)21-3/h4-8H,9H2,1-3H3,(H,16,17,19). The molecule has 0 unspecified atom stereocenters. The second-order valence-electron chi connectivity index (χ2n) is 4.76. The number of nitrogens with zero attached hydrogens (tertiary/aromatic N) is 2. The van der Waals surface area contributed by atoms with Gasteiger partial charge in [-0.3, -0.25) is 9.59 Å². The van der Waals surface area contributed by atoms with Gasteiger partial charge in [-0.2, -0.15) is 0 Å². The molecule has 0 aliphatic heterocycles. The number of aromatic nitrogens is 1. The maximum absolute atomic E-state index is 12.3. The first-order chi connectivity index (χ1) is 10.5. The lowest BCUT2D eigenvalue weighted by molar-refractivity contribution is -0.116. The Morgan fingerprint density at radius 1 is 1.36 bits per heavy atom. The lowest BCUT2D eigenvalue weighted by Gasteiger charge is -2.16. The number of benzene rings is 1. The molecular formula is C15H17N3O4. The Morgan fingerprint density at radius 3 is 2.77 bits per heavy atom. The zero-order valence-corrected chi connectivity index (χ0v) is 12.6. The Labute approximate surface area is 127 Å². The number of hydrogen-bond donors (Lipinski definition) is 1. The minimum absolute atomic E-state index is 0.0953. The predicted octanol–water partition coefficient (Wildman–Crippen LogP) is 1.70. The van der Waals surface area contributed by atoms with Gasteiger partial charge < -0.3 is 19.5 Å². The lowest BCUT2D eigenvalue weighted by atomic mass is 10.2. The quantitative estimate of drug-likeness (QED) is 0.908. The fourth-order valence-corrected chi connectivity index (χ4v) is 1.87. The highest BCUT2D eigenvalue weighted by Crippen LogP contribution is 2.14. The van der Waals surface area contributed by atoms with E-state index in [1.807, 2.05) is 0 Å². The number of carbonyl (C=O) groups excluding carboxylic acids is 2. The van der Waals surface area contributed by atoms with Crippen LogP contribution in [-0.2, 0) is 4.79 Å². The van der Waals surface area contributed by atoms with Crippen molar-refractivity contribution >= 4 is 17.6 Å². The summed E-state index contributed by atoms with van der Waals surface area (Å²) < 4.78 is 9.93. The molecule has 0 bridgehead atoms. The summed E-state index contributed by atoms with van der Waals surface area (Å²) in [5, 5.41) is 6.22. The smallest absolute Gasteiger partial charge is 0.254 e. The number of amides is 2. The van der Waals surface area contributed by atoms with Crippen LogP contribution in [-0.4, -0.2) is 42.6 Å². The van der Waals surface area contributed by atoms with E-state index in [-0.39, 0.29) is 18.4 Å². The molecule has 0 spiro atoms. The van der Waals surface area contributed by atoms with Crippen LogP contribution in [0.5, 0.6) is 5.75 Å². The van der Waals surface area contributed by atoms with E-state index in [1.165, 1.54) is 12.0 Å². The molecule has 7 heteroatoms. The van der Waals surface area contributed by atoms with E-state index >= 15 is 0 Å². The summed E-state index contributed by atoms with van der Waals surface area (Å²) in [4.78, 5) is 25.5. The number of anilines is 1. The van der Waals surface area contributed by atoms with Crippen LogP contribution in [0.4, 0.5) is 5.82 Å². The third kappa shape index (κ3) is 3.85. The summed E-state index contributed by atoms with van der Waals surface area (Å²) in [6.45, 7) is 1.63. The monoisotopic (exact) mass is 303 g/mol. The van der Waals surface area contributed by atoms with Crippen molar-refractivity contribution in [1.29, 1.82) is 0 Å². The number of rotatable bonds is 5. The van der Waals surface area contributed by atoms with Gasteiger partial charge in [0.2, 0.25) is 5.91 Å². The molecule has 0 atom stereocenters. The molecule has 2 rings (SSSR count). The Hall–Kier alpha value is -2.83. The first-order valence-corrected chi connectivity index (χ1v) is 6.62. The maximum atomic E-state index is 12.3.